The minimum absolute atomic E-state index is 0.0121. The second-order valence-electron chi connectivity index (χ2n) is 5.34. The van der Waals surface area contributed by atoms with Crippen molar-refractivity contribution < 1.29 is 14.3 Å². The molecule has 0 aliphatic heterocycles. The summed E-state index contributed by atoms with van der Waals surface area (Å²) in [7, 11) is 1.60. The number of hydrogen-bond acceptors (Lipinski definition) is 7. The van der Waals surface area contributed by atoms with Crippen LogP contribution in [0.4, 0.5) is 0 Å². The molecule has 0 aromatic carbocycles. The summed E-state index contributed by atoms with van der Waals surface area (Å²) in [5, 5.41) is 11.8. The maximum Gasteiger partial charge on any atom is 0.248 e. The Morgan fingerprint density at radius 2 is 2.09 bits per heavy atom. The molecule has 1 heterocycles. The zero-order valence-corrected chi connectivity index (χ0v) is 14.0. The minimum atomic E-state index is -0.291. The Morgan fingerprint density at radius 3 is 2.83 bits per heavy atom. The van der Waals surface area contributed by atoms with Crippen LogP contribution in [0.3, 0.4) is 0 Å². The SMILES string of the molecule is COCCn1nnnc1SCC(=O)NNC(=O)C1CCCCC1. The summed E-state index contributed by atoms with van der Waals surface area (Å²) in [4.78, 5) is 23.7. The van der Waals surface area contributed by atoms with E-state index in [1.54, 1.807) is 11.8 Å². The Morgan fingerprint density at radius 1 is 1.30 bits per heavy atom. The average Bonchev–Trinajstić information content (AvgIpc) is 3.04. The van der Waals surface area contributed by atoms with Crippen molar-refractivity contribution in [2.75, 3.05) is 19.5 Å². The molecule has 1 fully saturated rings. The molecule has 1 saturated carbocycles. The van der Waals surface area contributed by atoms with Crippen LogP contribution < -0.4 is 10.9 Å². The summed E-state index contributed by atoms with van der Waals surface area (Å²) >= 11 is 1.21. The van der Waals surface area contributed by atoms with Gasteiger partial charge in [0.2, 0.25) is 17.0 Å². The first-order valence-corrected chi connectivity index (χ1v) is 8.66. The molecule has 9 nitrogen and oxygen atoms in total. The van der Waals surface area contributed by atoms with Gasteiger partial charge in [0.1, 0.15) is 0 Å². The van der Waals surface area contributed by atoms with Crippen LogP contribution >= 0.6 is 11.8 Å². The number of amides is 2. The van der Waals surface area contributed by atoms with E-state index in [-0.39, 0.29) is 23.5 Å². The van der Waals surface area contributed by atoms with Gasteiger partial charge in [0.15, 0.2) is 0 Å². The van der Waals surface area contributed by atoms with E-state index in [0.717, 1.165) is 25.7 Å². The molecule has 2 amide bonds. The highest BCUT2D eigenvalue weighted by Gasteiger charge is 2.21. The molecule has 128 valence electrons. The van der Waals surface area contributed by atoms with E-state index in [4.69, 9.17) is 4.74 Å². The largest absolute Gasteiger partial charge is 0.383 e. The van der Waals surface area contributed by atoms with Gasteiger partial charge in [-0.2, -0.15) is 0 Å². The first kappa shape index (κ1) is 17.7. The van der Waals surface area contributed by atoms with Crippen LogP contribution in [0.1, 0.15) is 32.1 Å². The number of hydrogen-bond donors (Lipinski definition) is 2. The Bertz CT molecular complexity index is 518. The van der Waals surface area contributed by atoms with Crippen LogP contribution in [0.5, 0.6) is 0 Å². The molecule has 2 rings (SSSR count). The van der Waals surface area contributed by atoms with Crippen molar-refractivity contribution in [3.05, 3.63) is 0 Å². The molecule has 1 aromatic rings. The standard InChI is InChI=1S/C13H22N6O3S/c1-22-8-7-19-13(16-17-18-19)23-9-11(20)14-15-12(21)10-5-3-2-4-6-10/h10H,2-9H2,1H3,(H,14,20)(H,15,21). The van der Waals surface area contributed by atoms with Gasteiger partial charge in [-0.25, -0.2) is 4.68 Å². The van der Waals surface area contributed by atoms with Gasteiger partial charge in [0.05, 0.1) is 18.9 Å². The fourth-order valence-electron chi connectivity index (χ4n) is 2.38. The number of carbonyl (C=O) groups is 2. The summed E-state index contributed by atoms with van der Waals surface area (Å²) in [6, 6.07) is 0. The summed E-state index contributed by atoms with van der Waals surface area (Å²) < 4.78 is 6.54. The number of ether oxygens (including phenoxy) is 1. The Hall–Kier alpha value is -1.68. The molecule has 0 saturated heterocycles. The lowest BCUT2D eigenvalue weighted by atomic mass is 9.89. The van der Waals surface area contributed by atoms with E-state index < -0.39 is 0 Å². The van der Waals surface area contributed by atoms with Crippen LogP contribution in [0.25, 0.3) is 0 Å². The second kappa shape index (κ2) is 9.46. The molecule has 1 aromatic heterocycles. The number of thioether (sulfide) groups is 1. The molecular weight excluding hydrogens is 320 g/mol. The Labute approximate surface area is 138 Å². The molecule has 0 unspecified atom stereocenters. The molecular formula is C13H22N6O3S. The van der Waals surface area contributed by atoms with Gasteiger partial charge in [-0.1, -0.05) is 31.0 Å². The molecule has 10 heteroatoms. The van der Waals surface area contributed by atoms with Crippen molar-refractivity contribution in [2.24, 2.45) is 5.92 Å². The number of nitrogens with zero attached hydrogens (tertiary/aromatic N) is 4. The maximum absolute atomic E-state index is 11.9. The summed E-state index contributed by atoms with van der Waals surface area (Å²) in [5.41, 5.74) is 4.94. The van der Waals surface area contributed by atoms with E-state index in [1.807, 2.05) is 0 Å². The van der Waals surface area contributed by atoms with E-state index in [2.05, 4.69) is 26.4 Å². The molecule has 2 N–H and O–H groups in total. The number of nitrogens with one attached hydrogen (secondary N) is 2. The lowest BCUT2D eigenvalue weighted by Crippen LogP contribution is -2.45. The van der Waals surface area contributed by atoms with E-state index in [9.17, 15) is 9.59 Å². The van der Waals surface area contributed by atoms with E-state index >= 15 is 0 Å². The molecule has 1 aliphatic carbocycles. The van der Waals surface area contributed by atoms with Gasteiger partial charge in [0, 0.05) is 13.0 Å². The molecule has 0 atom stereocenters. The van der Waals surface area contributed by atoms with Crippen LogP contribution in [-0.4, -0.2) is 51.5 Å². The smallest absolute Gasteiger partial charge is 0.248 e. The number of tetrazole rings is 1. The van der Waals surface area contributed by atoms with Gasteiger partial charge in [-0.05, 0) is 23.3 Å². The fourth-order valence-corrected chi connectivity index (χ4v) is 3.09. The first-order valence-electron chi connectivity index (χ1n) is 7.67. The number of methoxy groups -OCH3 is 1. The molecule has 23 heavy (non-hydrogen) atoms. The number of carbonyl (C=O) groups excluding carboxylic acids is 2. The molecule has 0 bridgehead atoms. The fraction of sp³-hybridized carbons (Fsp3) is 0.769. The highest BCUT2D eigenvalue weighted by molar-refractivity contribution is 7.99. The average molecular weight is 342 g/mol. The van der Waals surface area contributed by atoms with Gasteiger partial charge in [0.25, 0.3) is 0 Å². The van der Waals surface area contributed by atoms with Crippen molar-refractivity contribution in [2.45, 2.75) is 43.8 Å². The Kier molecular flexibility index (Phi) is 7.27. The van der Waals surface area contributed by atoms with Gasteiger partial charge in [-0.15, -0.1) is 5.10 Å². The van der Waals surface area contributed by atoms with Crippen LogP contribution in [0.15, 0.2) is 5.16 Å². The van der Waals surface area contributed by atoms with Crippen molar-refractivity contribution in [1.29, 1.82) is 0 Å². The van der Waals surface area contributed by atoms with Crippen LogP contribution in [0.2, 0.25) is 0 Å². The summed E-state index contributed by atoms with van der Waals surface area (Å²) in [5.74, 6) is -0.260. The monoisotopic (exact) mass is 342 g/mol. The molecule has 0 spiro atoms. The van der Waals surface area contributed by atoms with Crippen molar-refractivity contribution >= 4 is 23.6 Å². The van der Waals surface area contributed by atoms with Crippen molar-refractivity contribution in [3.63, 3.8) is 0 Å². The third-order valence-electron chi connectivity index (χ3n) is 3.64. The van der Waals surface area contributed by atoms with Gasteiger partial charge >= 0.3 is 0 Å². The normalized spacial score (nSPS) is 15.3. The lowest BCUT2D eigenvalue weighted by Gasteiger charge is -2.20. The van der Waals surface area contributed by atoms with E-state index in [0.29, 0.717) is 18.3 Å². The van der Waals surface area contributed by atoms with Gasteiger partial charge in [-0.3, -0.25) is 20.4 Å². The van der Waals surface area contributed by atoms with Crippen LogP contribution in [0, 0.1) is 5.92 Å². The minimum Gasteiger partial charge on any atom is -0.383 e. The lowest BCUT2D eigenvalue weighted by molar-refractivity contribution is -0.131. The highest BCUT2D eigenvalue weighted by atomic mass is 32.2. The highest BCUT2D eigenvalue weighted by Crippen LogP contribution is 2.23. The zero-order chi connectivity index (χ0) is 16.5. The molecule has 1 aliphatic rings. The third kappa shape index (κ3) is 5.79. The molecule has 0 radical (unpaired) electrons. The third-order valence-corrected chi connectivity index (χ3v) is 4.60. The Balaban J connectivity index is 1.68. The predicted octanol–water partition coefficient (Wildman–Crippen LogP) is 0.139. The van der Waals surface area contributed by atoms with E-state index in [1.165, 1.54) is 18.2 Å². The first-order chi connectivity index (χ1) is 11.2. The van der Waals surface area contributed by atoms with Crippen LogP contribution in [-0.2, 0) is 20.9 Å². The van der Waals surface area contributed by atoms with Gasteiger partial charge < -0.3 is 4.74 Å². The second-order valence-corrected chi connectivity index (χ2v) is 6.28. The zero-order valence-electron chi connectivity index (χ0n) is 13.2. The maximum atomic E-state index is 11.9. The predicted molar refractivity (Wildman–Crippen MR) is 83.3 cm³/mol. The number of hydrazine groups is 1. The van der Waals surface area contributed by atoms with Crippen molar-refractivity contribution in [3.8, 4) is 0 Å². The number of rotatable bonds is 7. The topological polar surface area (TPSA) is 111 Å². The summed E-state index contributed by atoms with van der Waals surface area (Å²) in [6.07, 6.45) is 5.12. The number of aromatic nitrogens is 4. The quantitative estimate of drug-likeness (QED) is 0.535. The van der Waals surface area contributed by atoms with Crippen molar-refractivity contribution in [1.82, 2.24) is 31.1 Å². The summed E-state index contributed by atoms with van der Waals surface area (Å²) in [6.45, 7) is 1.01.